The Labute approximate surface area is 101 Å². The highest BCUT2D eigenvalue weighted by Gasteiger charge is 2.15. The Morgan fingerprint density at radius 1 is 1.21 bits per heavy atom. The first kappa shape index (κ1) is 14.2. The lowest BCUT2D eigenvalue weighted by molar-refractivity contribution is -0.125. The average Bonchev–Trinajstić information content (AvgIpc) is 2.16. The van der Waals surface area contributed by atoms with Crippen molar-refractivity contribution < 1.29 is 4.79 Å². The molecule has 0 aromatic heterocycles. The molecule has 3 heteroatoms. The Hall–Kier alpha value is 0.200. The van der Waals surface area contributed by atoms with Gasteiger partial charge >= 0.3 is 0 Å². The van der Waals surface area contributed by atoms with Gasteiger partial charge in [0.1, 0.15) is 0 Å². The first-order chi connectivity index (χ1) is 6.59. The molecule has 14 heavy (non-hydrogen) atoms. The SMILES string of the molecule is CC(C)C(C)C(=O)NCCCCCI. The predicted octanol–water partition coefficient (Wildman–Crippen LogP) is 3.00. The molecule has 0 aromatic carbocycles. The number of unbranched alkanes of at least 4 members (excludes halogenated alkanes) is 2. The van der Waals surface area contributed by atoms with Gasteiger partial charge in [-0.25, -0.2) is 0 Å². The van der Waals surface area contributed by atoms with E-state index in [2.05, 4.69) is 41.8 Å². The van der Waals surface area contributed by atoms with E-state index in [-0.39, 0.29) is 11.8 Å². The molecule has 0 aliphatic carbocycles. The van der Waals surface area contributed by atoms with Crippen molar-refractivity contribution >= 4 is 28.5 Å². The molecule has 0 aromatic rings. The second-order valence-electron chi connectivity index (χ2n) is 4.07. The molecule has 0 radical (unpaired) electrons. The van der Waals surface area contributed by atoms with Crippen LogP contribution in [-0.4, -0.2) is 16.9 Å². The van der Waals surface area contributed by atoms with Crippen LogP contribution >= 0.6 is 22.6 Å². The third-order valence-electron chi connectivity index (χ3n) is 2.52. The molecule has 0 heterocycles. The summed E-state index contributed by atoms with van der Waals surface area (Å²) in [7, 11) is 0. The fourth-order valence-electron chi connectivity index (χ4n) is 1.07. The van der Waals surface area contributed by atoms with Crippen molar-refractivity contribution in [3.05, 3.63) is 0 Å². The van der Waals surface area contributed by atoms with Gasteiger partial charge < -0.3 is 5.32 Å². The Morgan fingerprint density at radius 2 is 1.86 bits per heavy atom. The van der Waals surface area contributed by atoms with Crippen LogP contribution in [0.2, 0.25) is 0 Å². The molecule has 0 fully saturated rings. The van der Waals surface area contributed by atoms with Crippen molar-refractivity contribution in [2.75, 3.05) is 11.0 Å². The molecule has 1 amide bonds. The van der Waals surface area contributed by atoms with Crippen molar-refractivity contribution in [2.45, 2.75) is 40.0 Å². The van der Waals surface area contributed by atoms with Crippen molar-refractivity contribution in [3.63, 3.8) is 0 Å². The van der Waals surface area contributed by atoms with Crippen LogP contribution in [-0.2, 0) is 4.79 Å². The molecule has 1 atom stereocenters. The number of halogens is 1. The largest absolute Gasteiger partial charge is 0.356 e. The number of hydrogen-bond donors (Lipinski definition) is 1. The van der Waals surface area contributed by atoms with Gasteiger partial charge in [0.2, 0.25) is 5.91 Å². The molecular weight excluding hydrogens is 289 g/mol. The summed E-state index contributed by atoms with van der Waals surface area (Å²) in [6, 6.07) is 0. The summed E-state index contributed by atoms with van der Waals surface area (Å²) in [6.45, 7) is 7.00. The summed E-state index contributed by atoms with van der Waals surface area (Å²) >= 11 is 2.38. The Bertz CT molecular complexity index is 159. The smallest absolute Gasteiger partial charge is 0.223 e. The number of rotatable bonds is 7. The molecule has 0 saturated carbocycles. The number of amides is 1. The second kappa shape index (κ2) is 8.50. The van der Waals surface area contributed by atoms with Gasteiger partial charge in [-0.05, 0) is 23.2 Å². The van der Waals surface area contributed by atoms with Crippen LogP contribution in [0.5, 0.6) is 0 Å². The highest BCUT2D eigenvalue weighted by atomic mass is 127. The van der Waals surface area contributed by atoms with Crippen molar-refractivity contribution in [1.29, 1.82) is 0 Å². The fraction of sp³-hybridized carbons (Fsp3) is 0.909. The maximum absolute atomic E-state index is 11.5. The molecule has 0 saturated heterocycles. The lowest BCUT2D eigenvalue weighted by Crippen LogP contribution is -2.32. The van der Waals surface area contributed by atoms with E-state index in [1.807, 2.05) is 6.92 Å². The van der Waals surface area contributed by atoms with E-state index in [0.717, 1.165) is 13.0 Å². The molecule has 0 aliphatic rings. The molecular formula is C11H22INO. The van der Waals surface area contributed by atoms with Crippen LogP contribution in [0, 0.1) is 11.8 Å². The first-order valence-corrected chi connectivity index (χ1v) is 6.95. The highest BCUT2D eigenvalue weighted by molar-refractivity contribution is 14.1. The van der Waals surface area contributed by atoms with Crippen LogP contribution in [0.4, 0.5) is 0 Å². The van der Waals surface area contributed by atoms with Gasteiger partial charge in [0.15, 0.2) is 0 Å². The predicted molar refractivity (Wildman–Crippen MR) is 69.7 cm³/mol. The quantitative estimate of drug-likeness (QED) is 0.437. The molecule has 0 aliphatic heterocycles. The number of nitrogens with one attached hydrogen (secondary N) is 1. The van der Waals surface area contributed by atoms with Crippen LogP contribution in [0.25, 0.3) is 0 Å². The van der Waals surface area contributed by atoms with Gasteiger partial charge in [0, 0.05) is 12.5 Å². The molecule has 1 unspecified atom stereocenters. The molecule has 0 bridgehead atoms. The molecule has 0 rings (SSSR count). The summed E-state index contributed by atoms with van der Waals surface area (Å²) in [5.41, 5.74) is 0. The van der Waals surface area contributed by atoms with Crippen molar-refractivity contribution in [1.82, 2.24) is 5.32 Å². The molecule has 2 nitrogen and oxygen atoms in total. The monoisotopic (exact) mass is 311 g/mol. The lowest BCUT2D eigenvalue weighted by atomic mass is 9.97. The van der Waals surface area contributed by atoms with Gasteiger partial charge in [0.25, 0.3) is 0 Å². The molecule has 84 valence electrons. The molecule has 0 spiro atoms. The minimum atomic E-state index is 0.138. The number of carbonyl (C=O) groups excluding carboxylic acids is 1. The summed E-state index contributed by atoms with van der Waals surface area (Å²) in [5.74, 6) is 0.776. The van der Waals surface area contributed by atoms with Crippen molar-refractivity contribution in [3.8, 4) is 0 Å². The maximum Gasteiger partial charge on any atom is 0.223 e. The highest BCUT2D eigenvalue weighted by Crippen LogP contribution is 2.09. The Balaban J connectivity index is 3.44. The van der Waals surface area contributed by atoms with Gasteiger partial charge in [0.05, 0.1) is 0 Å². The summed E-state index contributed by atoms with van der Waals surface area (Å²) in [5, 5.41) is 2.98. The van der Waals surface area contributed by atoms with Gasteiger partial charge in [-0.3, -0.25) is 4.79 Å². The zero-order chi connectivity index (χ0) is 11.0. The standard InChI is InChI=1S/C11H22INO/c1-9(2)10(3)11(14)13-8-6-4-5-7-12/h9-10H,4-8H2,1-3H3,(H,13,14). The first-order valence-electron chi connectivity index (χ1n) is 5.43. The van der Waals surface area contributed by atoms with E-state index < -0.39 is 0 Å². The third-order valence-corrected chi connectivity index (χ3v) is 3.29. The van der Waals surface area contributed by atoms with Crippen LogP contribution in [0.1, 0.15) is 40.0 Å². The minimum absolute atomic E-state index is 0.138. The maximum atomic E-state index is 11.5. The zero-order valence-corrected chi connectivity index (χ0v) is 11.6. The third kappa shape index (κ3) is 6.62. The van der Waals surface area contributed by atoms with Crippen LogP contribution in [0.15, 0.2) is 0 Å². The Kier molecular flexibility index (Phi) is 8.63. The minimum Gasteiger partial charge on any atom is -0.356 e. The topological polar surface area (TPSA) is 29.1 Å². The van der Waals surface area contributed by atoms with Crippen molar-refractivity contribution in [2.24, 2.45) is 11.8 Å². The van der Waals surface area contributed by atoms with Gasteiger partial charge in [-0.1, -0.05) is 49.8 Å². The van der Waals surface area contributed by atoms with E-state index in [1.165, 1.54) is 17.3 Å². The summed E-state index contributed by atoms with van der Waals surface area (Å²) < 4.78 is 1.22. The van der Waals surface area contributed by atoms with Gasteiger partial charge in [-0.2, -0.15) is 0 Å². The van der Waals surface area contributed by atoms with E-state index >= 15 is 0 Å². The summed E-state index contributed by atoms with van der Waals surface area (Å²) in [6.07, 6.45) is 3.59. The van der Waals surface area contributed by atoms with E-state index in [4.69, 9.17) is 0 Å². The van der Waals surface area contributed by atoms with E-state index in [9.17, 15) is 4.79 Å². The second-order valence-corrected chi connectivity index (χ2v) is 5.15. The average molecular weight is 311 g/mol. The normalized spacial score (nSPS) is 12.9. The summed E-state index contributed by atoms with van der Waals surface area (Å²) in [4.78, 5) is 11.5. The number of hydrogen-bond acceptors (Lipinski definition) is 1. The number of carbonyl (C=O) groups is 1. The van der Waals surface area contributed by atoms with E-state index in [1.54, 1.807) is 0 Å². The van der Waals surface area contributed by atoms with Crippen LogP contribution in [0.3, 0.4) is 0 Å². The fourth-order valence-corrected chi connectivity index (χ4v) is 1.61. The van der Waals surface area contributed by atoms with Gasteiger partial charge in [-0.15, -0.1) is 0 Å². The number of alkyl halides is 1. The van der Waals surface area contributed by atoms with Crippen LogP contribution < -0.4 is 5.32 Å². The Morgan fingerprint density at radius 3 is 2.36 bits per heavy atom. The molecule has 1 N–H and O–H groups in total. The van der Waals surface area contributed by atoms with E-state index in [0.29, 0.717) is 5.92 Å². The lowest BCUT2D eigenvalue weighted by Gasteiger charge is -2.15. The zero-order valence-electron chi connectivity index (χ0n) is 9.48.